The summed E-state index contributed by atoms with van der Waals surface area (Å²) in [7, 11) is 0. The Labute approximate surface area is 112 Å². The lowest BCUT2D eigenvalue weighted by Crippen LogP contribution is -2.43. The van der Waals surface area contributed by atoms with Crippen molar-refractivity contribution in [2.75, 3.05) is 13.1 Å². The fourth-order valence-corrected chi connectivity index (χ4v) is 1.68. The summed E-state index contributed by atoms with van der Waals surface area (Å²) < 4.78 is 25.9. The van der Waals surface area contributed by atoms with Crippen molar-refractivity contribution in [1.82, 2.24) is 10.6 Å². The molecule has 0 aliphatic heterocycles. The monoisotopic (exact) mass is 270 g/mol. The largest absolute Gasteiger partial charge is 0.355 e. The number of carbonyl (C=O) groups is 1. The molecule has 0 aliphatic carbocycles. The van der Waals surface area contributed by atoms with Crippen molar-refractivity contribution >= 4 is 5.91 Å². The summed E-state index contributed by atoms with van der Waals surface area (Å²) in [6.07, 6.45) is 1.36. The van der Waals surface area contributed by atoms with Gasteiger partial charge in [-0.25, -0.2) is 8.78 Å². The van der Waals surface area contributed by atoms with E-state index in [9.17, 15) is 13.6 Å². The molecule has 0 spiro atoms. The maximum atomic E-state index is 13.0. The summed E-state index contributed by atoms with van der Waals surface area (Å²) in [5.41, 5.74) is 0.575. The van der Waals surface area contributed by atoms with E-state index in [0.29, 0.717) is 25.1 Å². The van der Waals surface area contributed by atoms with Crippen LogP contribution < -0.4 is 10.6 Å². The predicted octanol–water partition coefficient (Wildman–Crippen LogP) is 2.01. The number of carbonyl (C=O) groups excluding carboxylic acids is 1. The minimum absolute atomic E-state index is 0.0627. The molecule has 0 aromatic heterocycles. The topological polar surface area (TPSA) is 41.1 Å². The first-order chi connectivity index (χ1) is 9.02. The van der Waals surface area contributed by atoms with Crippen LogP contribution in [0.3, 0.4) is 0 Å². The Morgan fingerprint density at radius 1 is 1.21 bits per heavy atom. The highest BCUT2D eigenvalue weighted by Crippen LogP contribution is 2.08. The molecule has 1 unspecified atom stereocenters. The zero-order valence-electron chi connectivity index (χ0n) is 11.3. The van der Waals surface area contributed by atoms with Crippen LogP contribution in [0.15, 0.2) is 18.2 Å². The molecule has 0 radical (unpaired) electrons. The number of benzene rings is 1. The summed E-state index contributed by atoms with van der Waals surface area (Å²) >= 11 is 0. The van der Waals surface area contributed by atoms with E-state index in [-0.39, 0.29) is 11.9 Å². The van der Waals surface area contributed by atoms with Crippen LogP contribution in [-0.2, 0) is 11.2 Å². The van der Waals surface area contributed by atoms with Gasteiger partial charge in [-0.15, -0.1) is 0 Å². The molecule has 0 saturated carbocycles. The van der Waals surface area contributed by atoms with Crippen LogP contribution in [0.4, 0.5) is 8.78 Å². The van der Waals surface area contributed by atoms with E-state index in [1.165, 1.54) is 12.1 Å². The highest BCUT2D eigenvalue weighted by atomic mass is 19.1. The molecule has 19 heavy (non-hydrogen) atoms. The van der Waals surface area contributed by atoms with Crippen molar-refractivity contribution < 1.29 is 13.6 Å². The quantitative estimate of drug-likeness (QED) is 0.796. The van der Waals surface area contributed by atoms with Crippen LogP contribution in [0, 0.1) is 11.6 Å². The molecule has 1 rings (SSSR count). The summed E-state index contributed by atoms with van der Waals surface area (Å²) in [5, 5.41) is 5.80. The van der Waals surface area contributed by atoms with Crippen LogP contribution in [0.5, 0.6) is 0 Å². The average molecular weight is 270 g/mol. The Bertz CT molecular complexity index is 404. The van der Waals surface area contributed by atoms with Crippen molar-refractivity contribution in [3.8, 4) is 0 Å². The fraction of sp³-hybridized carbons (Fsp3) is 0.500. The average Bonchev–Trinajstić information content (AvgIpc) is 2.34. The van der Waals surface area contributed by atoms with E-state index in [2.05, 4.69) is 10.6 Å². The first-order valence-corrected chi connectivity index (χ1v) is 6.49. The van der Waals surface area contributed by atoms with Crippen LogP contribution in [-0.4, -0.2) is 25.0 Å². The van der Waals surface area contributed by atoms with E-state index in [4.69, 9.17) is 0 Å². The summed E-state index contributed by atoms with van der Waals surface area (Å²) in [4.78, 5) is 11.6. The number of halogens is 2. The molecule has 1 amide bonds. The molecule has 1 atom stereocenters. The predicted molar refractivity (Wildman–Crippen MR) is 70.8 cm³/mol. The standard InChI is InChI=1S/C14H20F2N2O/c1-3-5-18-14(19)10(2)17-6-4-11-7-12(15)9-13(16)8-11/h7-10,17H,3-6H2,1-2H3,(H,18,19). The molecule has 0 bridgehead atoms. The van der Waals surface area contributed by atoms with Crippen molar-refractivity contribution in [2.24, 2.45) is 0 Å². The van der Waals surface area contributed by atoms with Gasteiger partial charge in [-0.2, -0.15) is 0 Å². The molecule has 0 saturated heterocycles. The van der Waals surface area contributed by atoms with Gasteiger partial charge in [-0.3, -0.25) is 4.79 Å². The van der Waals surface area contributed by atoms with Crippen LogP contribution >= 0.6 is 0 Å². The zero-order chi connectivity index (χ0) is 14.3. The zero-order valence-corrected chi connectivity index (χ0v) is 11.3. The molecular formula is C14H20F2N2O. The van der Waals surface area contributed by atoms with Crippen LogP contribution in [0.2, 0.25) is 0 Å². The van der Waals surface area contributed by atoms with Crippen molar-refractivity contribution in [3.05, 3.63) is 35.4 Å². The third-order valence-electron chi connectivity index (χ3n) is 2.73. The van der Waals surface area contributed by atoms with E-state index in [1.54, 1.807) is 6.92 Å². The van der Waals surface area contributed by atoms with Gasteiger partial charge < -0.3 is 10.6 Å². The van der Waals surface area contributed by atoms with Gasteiger partial charge in [-0.1, -0.05) is 6.92 Å². The smallest absolute Gasteiger partial charge is 0.236 e. The molecule has 0 aliphatic rings. The van der Waals surface area contributed by atoms with Crippen molar-refractivity contribution in [1.29, 1.82) is 0 Å². The minimum atomic E-state index is -0.580. The SMILES string of the molecule is CCCNC(=O)C(C)NCCc1cc(F)cc(F)c1. The van der Waals surface area contributed by atoms with E-state index in [0.717, 1.165) is 12.5 Å². The Kier molecular flexibility index (Phi) is 6.42. The van der Waals surface area contributed by atoms with Crippen molar-refractivity contribution in [3.63, 3.8) is 0 Å². The van der Waals surface area contributed by atoms with Gasteiger partial charge in [0.25, 0.3) is 0 Å². The second-order valence-corrected chi connectivity index (χ2v) is 4.49. The van der Waals surface area contributed by atoms with E-state index in [1.807, 2.05) is 6.92 Å². The van der Waals surface area contributed by atoms with Gasteiger partial charge >= 0.3 is 0 Å². The van der Waals surface area contributed by atoms with Gasteiger partial charge in [0.05, 0.1) is 6.04 Å². The molecule has 2 N–H and O–H groups in total. The number of hydrogen-bond donors (Lipinski definition) is 2. The second kappa shape index (κ2) is 7.84. The molecule has 0 heterocycles. The number of rotatable bonds is 7. The molecule has 0 fully saturated rings. The highest BCUT2D eigenvalue weighted by Gasteiger charge is 2.10. The highest BCUT2D eigenvalue weighted by molar-refractivity contribution is 5.81. The lowest BCUT2D eigenvalue weighted by atomic mass is 10.1. The third-order valence-corrected chi connectivity index (χ3v) is 2.73. The first-order valence-electron chi connectivity index (χ1n) is 6.49. The van der Waals surface area contributed by atoms with Crippen molar-refractivity contribution in [2.45, 2.75) is 32.7 Å². The third kappa shape index (κ3) is 5.79. The molecule has 1 aromatic carbocycles. The Morgan fingerprint density at radius 2 is 1.84 bits per heavy atom. The number of nitrogens with one attached hydrogen (secondary N) is 2. The molecule has 3 nitrogen and oxygen atoms in total. The molecule has 5 heteroatoms. The van der Waals surface area contributed by atoms with E-state index < -0.39 is 11.6 Å². The van der Waals surface area contributed by atoms with Gasteiger partial charge in [-0.05, 0) is 44.0 Å². The number of hydrogen-bond acceptors (Lipinski definition) is 2. The lowest BCUT2D eigenvalue weighted by Gasteiger charge is -2.13. The maximum absolute atomic E-state index is 13.0. The minimum Gasteiger partial charge on any atom is -0.355 e. The molecular weight excluding hydrogens is 250 g/mol. The van der Waals surface area contributed by atoms with E-state index >= 15 is 0 Å². The van der Waals surface area contributed by atoms with Gasteiger partial charge in [0.2, 0.25) is 5.91 Å². The van der Waals surface area contributed by atoms with Crippen LogP contribution in [0.25, 0.3) is 0 Å². The number of amides is 1. The summed E-state index contributed by atoms with van der Waals surface area (Å²) in [6.45, 7) is 4.89. The molecule has 106 valence electrons. The lowest BCUT2D eigenvalue weighted by molar-refractivity contribution is -0.122. The summed E-state index contributed by atoms with van der Waals surface area (Å²) in [5.74, 6) is -1.22. The summed E-state index contributed by atoms with van der Waals surface area (Å²) in [6, 6.07) is 3.13. The fourth-order valence-electron chi connectivity index (χ4n) is 1.68. The molecule has 1 aromatic rings. The van der Waals surface area contributed by atoms with Gasteiger partial charge in [0, 0.05) is 12.6 Å². The van der Waals surface area contributed by atoms with Gasteiger partial charge in [0.1, 0.15) is 11.6 Å². The Morgan fingerprint density at radius 3 is 2.42 bits per heavy atom. The Hall–Kier alpha value is -1.49. The normalized spacial score (nSPS) is 12.2. The van der Waals surface area contributed by atoms with Crippen LogP contribution in [0.1, 0.15) is 25.8 Å². The second-order valence-electron chi connectivity index (χ2n) is 4.49. The van der Waals surface area contributed by atoms with Gasteiger partial charge in [0.15, 0.2) is 0 Å². The first kappa shape index (κ1) is 15.6. The maximum Gasteiger partial charge on any atom is 0.236 e. The Balaban J connectivity index is 2.35.